The minimum atomic E-state index is -0.341. The Morgan fingerprint density at radius 3 is 3.11 bits per heavy atom. The fourth-order valence-corrected chi connectivity index (χ4v) is 1.78. The van der Waals surface area contributed by atoms with Gasteiger partial charge in [-0.15, -0.1) is 0 Å². The van der Waals surface area contributed by atoms with Crippen LogP contribution in [0.25, 0.3) is 0 Å². The molecule has 0 bridgehead atoms. The first-order valence-electron chi connectivity index (χ1n) is 5.61. The Morgan fingerprint density at radius 1 is 1.61 bits per heavy atom. The van der Waals surface area contributed by atoms with Gasteiger partial charge in [0.1, 0.15) is 0 Å². The number of hydrogen-bond acceptors (Lipinski definition) is 4. The van der Waals surface area contributed by atoms with E-state index >= 15 is 0 Å². The first-order chi connectivity index (χ1) is 8.61. The second-order valence-corrected chi connectivity index (χ2v) is 4.25. The molecule has 0 spiro atoms. The van der Waals surface area contributed by atoms with Gasteiger partial charge in [-0.2, -0.15) is 10.7 Å². The zero-order chi connectivity index (χ0) is 13.1. The lowest BCUT2D eigenvalue weighted by molar-refractivity contribution is -0.128. The van der Waals surface area contributed by atoms with Gasteiger partial charge in [0.2, 0.25) is 0 Å². The molecule has 0 radical (unpaired) electrons. The number of ketones is 1. The van der Waals surface area contributed by atoms with E-state index in [0.29, 0.717) is 11.3 Å². The highest BCUT2D eigenvalue weighted by Gasteiger charge is 2.20. The first-order valence-corrected chi connectivity index (χ1v) is 5.61. The molecule has 1 aromatic rings. The molecule has 0 aromatic heterocycles. The van der Waals surface area contributed by atoms with Crippen molar-refractivity contribution in [2.75, 3.05) is 0 Å². The maximum atomic E-state index is 12.0. The van der Waals surface area contributed by atoms with E-state index in [-0.39, 0.29) is 30.4 Å². The highest BCUT2D eigenvalue weighted by molar-refractivity contribution is 5.98. The van der Waals surface area contributed by atoms with E-state index in [1.807, 2.05) is 6.07 Å². The number of benzene rings is 1. The summed E-state index contributed by atoms with van der Waals surface area (Å²) in [5.74, 6) is -0.157. The molecule has 1 aliphatic rings. The lowest BCUT2D eigenvalue weighted by Crippen LogP contribution is -2.33. The van der Waals surface area contributed by atoms with E-state index in [9.17, 15) is 9.59 Å². The molecule has 0 saturated heterocycles. The zero-order valence-electron chi connectivity index (χ0n) is 9.90. The number of carbonyl (C=O) groups excluding carboxylic acids is 2. The number of nitrogens with one attached hydrogen (secondary N) is 1. The van der Waals surface area contributed by atoms with E-state index < -0.39 is 0 Å². The Hall–Kier alpha value is -2.35. The topological polar surface area (TPSA) is 79.2 Å². The molecule has 1 aromatic carbocycles. The number of nitrogens with zero attached hydrogens (tertiary/aromatic N) is 1. The molecule has 1 aliphatic heterocycles. The lowest BCUT2D eigenvalue weighted by Gasteiger charge is -2.17. The number of Topliss-reactive ketones (excluding diaryl/α,β-unsaturated/α-hetero) is 1. The summed E-state index contributed by atoms with van der Waals surface area (Å²) < 4.78 is 0. The predicted molar refractivity (Wildman–Crippen MR) is 62.6 cm³/mol. The van der Waals surface area contributed by atoms with Crippen molar-refractivity contribution >= 4 is 11.7 Å². The molecule has 1 amide bonds. The van der Waals surface area contributed by atoms with E-state index in [4.69, 9.17) is 10.1 Å². The van der Waals surface area contributed by atoms with E-state index in [1.165, 1.54) is 0 Å². The van der Waals surface area contributed by atoms with Crippen molar-refractivity contribution in [1.82, 2.24) is 5.48 Å². The molecular formula is C13H12N2O3. The minimum absolute atomic E-state index is 0.0974. The zero-order valence-corrected chi connectivity index (χ0v) is 9.90. The third-order valence-electron chi connectivity index (χ3n) is 2.82. The van der Waals surface area contributed by atoms with Crippen LogP contribution in [0.1, 0.15) is 29.3 Å². The Morgan fingerprint density at radius 2 is 2.39 bits per heavy atom. The number of rotatable bonds is 3. The van der Waals surface area contributed by atoms with Crippen LogP contribution in [0.15, 0.2) is 18.2 Å². The van der Waals surface area contributed by atoms with Crippen LogP contribution >= 0.6 is 0 Å². The second-order valence-electron chi connectivity index (χ2n) is 4.25. The molecule has 18 heavy (non-hydrogen) atoms. The van der Waals surface area contributed by atoms with Gasteiger partial charge in [-0.3, -0.25) is 9.59 Å². The van der Waals surface area contributed by atoms with Crippen LogP contribution in [0.3, 0.4) is 0 Å². The summed E-state index contributed by atoms with van der Waals surface area (Å²) in [4.78, 5) is 28.1. The van der Waals surface area contributed by atoms with Crippen molar-refractivity contribution in [3.05, 3.63) is 29.3 Å². The quantitative estimate of drug-likeness (QED) is 0.815. The third kappa shape index (κ3) is 2.33. The molecular weight excluding hydrogens is 232 g/mol. The number of hydroxylamine groups is 1. The van der Waals surface area contributed by atoms with Gasteiger partial charge in [-0.25, -0.2) is 0 Å². The molecule has 1 N–H and O–H groups in total. The Bertz CT molecular complexity index is 546. The maximum absolute atomic E-state index is 12.0. The van der Waals surface area contributed by atoms with Gasteiger partial charge in [0.05, 0.1) is 12.5 Å². The summed E-state index contributed by atoms with van der Waals surface area (Å²) in [6.07, 6.45) is 0.436. The van der Waals surface area contributed by atoms with Crippen molar-refractivity contribution in [1.29, 1.82) is 5.26 Å². The molecule has 1 heterocycles. The van der Waals surface area contributed by atoms with Gasteiger partial charge < -0.3 is 4.84 Å². The number of nitriles is 1. The number of amides is 1. The van der Waals surface area contributed by atoms with E-state index in [2.05, 4.69) is 5.48 Å². The summed E-state index contributed by atoms with van der Waals surface area (Å²) >= 11 is 0. The summed E-state index contributed by atoms with van der Waals surface area (Å²) in [5.41, 5.74) is 3.50. The average Bonchev–Trinajstić information content (AvgIpc) is 2.37. The van der Waals surface area contributed by atoms with Gasteiger partial charge in [0.25, 0.3) is 5.91 Å². The Kier molecular flexibility index (Phi) is 3.28. The second kappa shape index (κ2) is 4.88. The van der Waals surface area contributed by atoms with E-state index in [0.717, 1.165) is 5.56 Å². The Balaban J connectivity index is 2.24. The smallest absolute Gasteiger partial charge is 0.257 e. The average molecular weight is 244 g/mol. The van der Waals surface area contributed by atoms with Crippen molar-refractivity contribution < 1.29 is 14.4 Å². The highest BCUT2D eigenvalue weighted by Crippen LogP contribution is 2.24. The van der Waals surface area contributed by atoms with Crippen LogP contribution in [-0.2, 0) is 11.2 Å². The maximum Gasteiger partial charge on any atom is 0.257 e. The van der Waals surface area contributed by atoms with Crippen molar-refractivity contribution in [3.8, 4) is 11.8 Å². The molecule has 0 aliphatic carbocycles. The molecule has 0 fully saturated rings. The number of fused-ring (bicyclic) bond motifs is 1. The van der Waals surface area contributed by atoms with Gasteiger partial charge in [-0.05, 0) is 6.07 Å². The summed E-state index contributed by atoms with van der Waals surface area (Å²) in [7, 11) is 0. The molecule has 1 unspecified atom stereocenters. The van der Waals surface area contributed by atoms with Gasteiger partial charge >= 0.3 is 0 Å². The predicted octanol–water partition coefficient (Wildman–Crippen LogP) is 1.39. The molecule has 5 nitrogen and oxygen atoms in total. The Labute approximate surface area is 104 Å². The normalized spacial score (nSPS) is 14.8. The highest BCUT2D eigenvalue weighted by atomic mass is 16.7. The largest absolute Gasteiger partial charge is 0.379 e. The van der Waals surface area contributed by atoms with Crippen LogP contribution in [-0.4, -0.2) is 11.7 Å². The van der Waals surface area contributed by atoms with Crippen molar-refractivity contribution in [2.24, 2.45) is 5.92 Å². The van der Waals surface area contributed by atoms with Crippen molar-refractivity contribution in [3.63, 3.8) is 0 Å². The monoisotopic (exact) mass is 244 g/mol. The SMILES string of the molecule is CC(CC#N)C(=O)c1ccc2c(c1)ONC(=O)C2. The summed E-state index contributed by atoms with van der Waals surface area (Å²) in [6.45, 7) is 1.72. The van der Waals surface area contributed by atoms with Crippen molar-refractivity contribution in [2.45, 2.75) is 19.8 Å². The minimum Gasteiger partial charge on any atom is -0.379 e. The standard InChI is InChI=1S/C13H12N2O3/c1-8(4-5-14)13(17)10-3-2-9-7-12(16)15-18-11(9)6-10/h2-3,6,8H,4,7H2,1H3,(H,15,16). The molecule has 1 atom stereocenters. The van der Waals surface area contributed by atoms with Crippen LogP contribution in [0, 0.1) is 17.2 Å². The molecule has 5 heteroatoms. The fourth-order valence-electron chi connectivity index (χ4n) is 1.78. The van der Waals surface area contributed by atoms with Gasteiger partial charge in [0.15, 0.2) is 11.5 Å². The van der Waals surface area contributed by atoms with Crippen LogP contribution < -0.4 is 10.3 Å². The first kappa shape index (κ1) is 12.1. The molecule has 92 valence electrons. The van der Waals surface area contributed by atoms with E-state index in [1.54, 1.807) is 25.1 Å². The summed E-state index contributed by atoms with van der Waals surface area (Å²) in [5, 5.41) is 8.58. The number of carbonyl (C=O) groups is 2. The van der Waals surface area contributed by atoms with Crippen LogP contribution in [0.2, 0.25) is 0 Å². The summed E-state index contributed by atoms with van der Waals surface area (Å²) in [6, 6.07) is 6.95. The number of hydrogen-bond donors (Lipinski definition) is 1. The fraction of sp³-hybridized carbons (Fsp3) is 0.308. The van der Waals surface area contributed by atoms with Crippen LogP contribution in [0.5, 0.6) is 5.75 Å². The van der Waals surface area contributed by atoms with Gasteiger partial charge in [0, 0.05) is 23.5 Å². The molecule has 2 rings (SSSR count). The third-order valence-corrected chi connectivity index (χ3v) is 2.82. The molecule has 0 saturated carbocycles. The van der Waals surface area contributed by atoms with Gasteiger partial charge in [-0.1, -0.05) is 19.1 Å². The lowest BCUT2D eigenvalue weighted by atomic mass is 9.95. The van der Waals surface area contributed by atoms with Crippen LogP contribution in [0.4, 0.5) is 0 Å².